The third-order valence-corrected chi connectivity index (χ3v) is 4.03. The zero-order valence-corrected chi connectivity index (χ0v) is 12.9. The van der Waals surface area contributed by atoms with Crippen molar-refractivity contribution in [2.45, 2.75) is 13.0 Å². The van der Waals surface area contributed by atoms with Crippen LogP contribution in [0.2, 0.25) is 5.02 Å². The van der Waals surface area contributed by atoms with Gasteiger partial charge in [0.25, 0.3) is 0 Å². The van der Waals surface area contributed by atoms with E-state index in [0.29, 0.717) is 0 Å². The zero-order valence-electron chi connectivity index (χ0n) is 12.1. The smallest absolute Gasteiger partial charge is 0.142 e. The lowest BCUT2D eigenvalue weighted by Gasteiger charge is -2.27. The van der Waals surface area contributed by atoms with E-state index in [-0.39, 0.29) is 0 Å². The topological polar surface area (TPSA) is 24.5 Å². The molecular weight excluding hydrogens is 284 g/mol. The first-order valence-electron chi connectivity index (χ1n) is 7.22. The van der Waals surface area contributed by atoms with Crippen molar-refractivity contribution in [2.75, 3.05) is 25.1 Å². The molecule has 0 aliphatic carbocycles. The minimum absolute atomic E-state index is 0.745. The summed E-state index contributed by atoms with van der Waals surface area (Å²) in [5, 5.41) is 4.00. The molecule has 0 bridgehead atoms. The number of fused-ring (bicyclic) bond motifs is 1. The number of para-hydroxylation sites is 2. The Morgan fingerprint density at radius 1 is 1.14 bits per heavy atom. The van der Waals surface area contributed by atoms with Gasteiger partial charge in [-0.25, -0.2) is 0 Å². The summed E-state index contributed by atoms with van der Waals surface area (Å²) >= 11 is 6.40. The standard InChI is InChI=1S/C17H19ClN2O/c1-19-12-13-14(18)6-4-8-15(13)20-10-5-11-21-17-9-3-2-7-16(17)20/h2-4,6-9,19H,5,10-12H2,1H3. The third kappa shape index (κ3) is 2.85. The Labute approximate surface area is 130 Å². The Bertz CT molecular complexity index is 630. The number of halogens is 1. The number of ether oxygens (including phenoxy) is 1. The number of nitrogens with one attached hydrogen (secondary N) is 1. The molecule has 3 nitrogen and oxygen atoms in total. The van der Waals surface area contributed by atoms with Crippen LogP contribution < -0.4 is 15.0 Å². The van der Waals surface area contributed by atoms with Crippen molar-refractivity contribution in [1.82, 2.24) is 5.32 Å². The molecule has 0 unspecified atom stereocenters. The van der Waals surface area contributed by atoms with E-state index in [1.807, 2.05) is 37.4 Å². The van der Waals surface area contributed by atoms with Crippen LogP contribution in [0.15, 0.2) is 42.5 Å². The lowest BCUT2D eigenvalue weighted by molar-refractivity contribution is 0.322. The largest absolute Gasteiger partial charge is 0.491 e. The molecule has 0 spiro atoms. The fourth-order valence-corrected chi connectivity index (χ4v) is 2.97. The Balaban J connectivity index is 2.10. The fourth-order valence-electron chi connectivity index (χ4n) is 2.73. The van der Waals surface area contributed by atoms with Crippen molar-refractivity contribution >= 4 is 23.0 Å². The molecule has 1 N–H and O–H groups in total. The maximum Gasteiger partial charge on any atom is 0.142 e. The maximum atomic E-state index is 6.40. The molecule has 110 valence electrons. The molecule has 0 saturated heterocycles. The van der Waals surface area contributed by atoms with Crippen LogP contribution in [0.3, 0.4) is 0 Å². The van der Waals surface area contributed by atoms with E-state index in [1.54, 1.807) is 0 Å². The van der Waals surface area contributed by atoms with E-state index in [9.17, 15) is 0 Å². The highest BCUT2D eigenvalue weighted by Gasteiger charge is 2.20. The molecule has 0 amide bonds. The van der Waals surface area contributed by atoms with E-state index < -0.39 is 0 Å². The number of benzene rings is 2. The van der Waals surface area contributed by atoms with Crippen molar-refractivity contribution in [3.05, 3.63) is 53.1 Å². The van der Waals surface area contributed by atoms with E-state index in [2.05, 4.69) is 22.3 Å². The molecule has 3 rings (SSSR count). The van der Waals surface area contributed by atoms with Gasteiger partial charge in [0.2, 0.25) is 0 Å². The molecule has 0 atom stereocenters. The lowest BCUT2D eigenvalue weighted by atomic mass is 10.1. The Morgan fingerprint density at radius 3 is 2.81 bits per heavy atom. The van der Waals surface area contributed by atoms with Crippen LogP contribution in [-0.2, 0) is 6.54 Å². The van der Waals surface area contributed by atoms with Gasteiger partial charge in [-0.2, -0.15) is 0 Å². The van der Waals surface area contributed by atoms with Crippen LogP contribution in [-0.4, -0.2) is 20.2 Å². The summed E-state index contributed by atoms with van der Waals surface area (Å²) in [4.78, 5) is 2.31. The van der Waals surface area contributed by atoms with Gasteiger partial charge in [0.15, 0.2) is 0 Å². The van der Waals surface area contributed by atoms with Gasteiger partial charge in [-0.15, -0.1) is 0 Å². The van der Waals surface area contributed by atoms with Crippen LogP contribution in [0.25, 0.3) is 0 Å². The molecule has 0 saturated carbocycles. The fraction of sp³-hybridized carbons (Fsp3) is 0.294. The molecule has 0 fully saturated rings. The number of rotatable bonds is 3. The van der Waals surface area contributed by atoms with Crippen molar-refractivity contribution in [1.29, 1.82) is 0 Å². The summed E-state index contributed by atoms with van der Waals surface area (Å²) in [6.07, 6.45) is 0.986. The lowest BCUT2D eigenvalue weighted by Crippen LogP contribution is -2.20. The summed E-state index contributed by atoms with van der Waals surface area (Å²) in [7, 11) is 1.94. The van der Waals surface area contributed by atoms with Gasteiger partial charge >= 0.3 is 0 Å². The van der Waals surface area contributed by atoms with E-state index in [4.69, 9.17) is 16.3 Å². The SMILES string of the molecule is CNCc1c(Cl)cccc1N1CCCOc2ccccc21. The summed E-state index contributed by atoms with van der Waals surface area (Å²) in [6, 6.07) is 14.3. The van der Waals surface area contributed by atoms with Crippen molar-refractivity contribution < 1.29 is 4.74 Å². The Morgan fingerprint density at radius 2 is 1.95 bits per heavy atom. The maximum absolute atomic E-state index is 6.40. The third-order valence-electron chi connectivity index (χ3n) is 3.68. The number of hydrogen-bond acceptors (Lipinski definition) is 3. The summed E-state index contributed by atoms with van der Waals surface area (Å²) in [6.45, 7) is 2.41. The molecule has 0 aromatic heterocycles. The average molecular weight is 303 g/mol. The zero-order chi connectivity index (χ0) is 14.7. The van der Waals surface area contributed by atoms with Crippen LogP contribution in [0, 0.1) is 0 Å². The molecule has 2 aromatic carbocycles. The highest BCUT2D eigenvalue weighted by Crippen LogP contribution is 2.38. The number of nitrogens with zero attached hydrogens (tertiary/aromatic N) is 1. The summed E-state index contributed by atoms with van der Waals surface area (Å²) < 4.78 is 5.84. The predicted molar refractivity (Wildman–Crippen MR) is 87.8 cm³/mol. The number of anilines is 2. The van der Waals surface area contributed by atoms with Gasteiger partial charge in [-0.05, 0) is 37.7 Å². The number of hydrogen-bond donors (Lipinski definition) is 1. The molecule has 4 heteroatoms. The van der Waals surface area contributed by atoms with E-state index in [0.717, 1.165) is 53.8 Å². The minimum Gasteiger partial charge on any atom is -0.491 e. The van der Waals surface area contributed by atoms with Gasteiger partial charge in [0.1, 0.15) is 5.75 Å². The molecule has 1 aliphatic heterocycles. The summed E-state index contributed by atoms with van der Waals surface area (Å²) in [5.41, 5.74) is 3.38. The monoisotopic (exact) mass is 302 g/mol. The molecule has 0 radical (unpaired) electrons. The first-order valence-corrected chi connectivity index (χ1v) is 7.60. The molecule has 21 heavy (non-hydrogen) atoms. The van der Waals surface area contributed by atoms with Gasteiger partial charge in [-0.3, -0.25) is 0 Å². The molecule has 1 aliphatic rings. The van der Waals surface area contributed by atoms with Crippen molar-refractivity contribution in [3.63, 3.8) is 0 Å². The summed E-state index contributed by atoms with van der Waals surface area (Å²) in [5.74, 6) is 0.936. The van der Waals surface area contributed by atoms with Crippen LogP contribution in [0.4, 0.5) is 11.4 Å². The molecular formula is C17H19ClN2O. The second-order valence-electron chi connectivity index (χ2n) is 5.09. The van der Waals surface area contributed by atoms with Gasteiger partial charge in [0, 0.05) is 29.4 Å². The average Bonchev–Trinajstić information content (AvgIpc) is 2.72. The second-order valence-corrected chi connectivity index (χ2v) is 5.50. The Hall–Kier alpha value is -1.71. The van der Waals surface area contributed by atoms with Crippen molar-refractivity contribution in [2.24, 2.45) is 0 Å². The Kier molecular flexibility index (Phi) is 4.32. The first kappa shape index (κ1) is 14.2. The van der Waals surface area contributed by atoms with E-state index in [1.165, 1.54) is 0 Å². The second kappa shape index (κ2) is 6.37. The molecule has 1 heterocycles. The first-order chi connectivity index (χ1) is 10.3. The molecule has 2 aromatic rings. The minimum atomic E-state index is 0.745. The van der Waals surface area contributed by atoms with Gasteiger partial charge in [-0.1, -0.05) is 29.8 Å². The van der Waals surface area contributed by atoms with Crippen LogP contribution in [0.1, 0.15) is 12.0 Å². The van der Waals surface area contributed by atoms with Gasteiger partial charge in [0.05, 0.1) is 12.3 Å². The van der Waals surface area contributed by atoms with Gasteiger partial charge < -0.3 is 15.0 Å². The van der Waals surface area contributed by atoms with Crippen LogP contribution in [0.5, 0.6) is 5.75 Å². The highest BCUT2D eigenvalue weighted by atomic mass is 35.5. The quantitative estimate of drug-likeness (QED) is 0.928. The normalized spacial score (nSPS) is 14.3. The van der Waals surface area contributed by atoms with Crippen LogP contribution >= 0.6 is 11.6 Å². The predicted octanol–water partition coefficient (Wildman–Crippen LogP) is 3.98. The highest BCUT2D eigenvalue weighted by molar-refractivity contribution is 6.31. The van der Waals surface area contributed by atoms with E-state index >= 15 is 0 Å². The van der Waals surface area contributed by atoms with Crippen molar-refractivity contribution in [3.8, 4) is 5.75 Å².